The molecule has 0 aliphatic carbocycles. The van der Waals surface area contributed by atoms with E-state index < -0.39 is 6.61 Å². The van der Waals surface area contributed by atoms with E-state index in [-0.39, 0.29) is 18.2 Å². The molecule has 110 valence electrons. The second-order valence-electron chi connectivity index (χ2n) is 4.70. The van der Waals surface area contributed by atoms with Gasteiger partial charge < -0.3 is 15.0 Å². The zero-order chi connectivity index (χ0) is 14.4. The highest BCUT2D eigenvalue weighted by atomic mass is 19.3. The van der Waals surface area contributed by atoms with Crippen LogP contribution >= 0.6 is 0 Å². The lowest BCUT2D eigenvalue weighted by Gasteiger charge is -2.26. The van der Waals surface area contributed by atoms with Gasteiger partial charge in [0.2, 0.25) is 5.91 Å². The van der Waals surface area contributed by atoms with E-state index in [0.29, 0.717) is 5.69 Å². The lowest BCUT2D eigenvalue weighted by Crippen LogP contribution is -2.39. The van der Waals surface area contributed by atoms with Crippen LogP contribution in [-0.4, -0.2) is 37.1 Å². The molecule has 0 aromatic heterocycles. The molecule has 1 amide bonds. The van der Waals surface area contributed by atoms with Crippen LogP contribution in [0.4, 0.5) is 14.5 Å². The summed E-state index contributed by atoms with van der Waals surface area (Å²) in [4.78, 5) is 13.8. The predicted molar refractivity (Wildman–Crippen MR) is 72.0 cm³/mol. The second-order valence-corrected chi connectivity index (χ2v) is 4.70. The number of amides is 1. The first kappa shape index (κ1) is 14.6. The Morgan fingerprint density at radius 2 is 1.85 bits per heavy atom. The van der Waals surface area contributed by atoms with Crippen molar-refractivity contribution in [2.45, 2.75) is 25.9 Å². The summed E-state index contributed by atoms with van der Waals surface area (Å²) in [5.41, 5.74) is 0.706. The Morgan fingerprint density at radius 1 is 1.20 bits per heavy atom. The number of nitrogens with zero attached hydrogens (tertiary/aromatic N) is 1. The van der Waals surface area contributed by atoms with Gasteiger partial charge in [0.25, 0.3) is 0 Å². The van der Waals surface area contributed by atoms with E-state index in [1.807, 2.05) is 4.90 Å². The standard InChI is InChI=1S/C14H18F2N2O2/c15-14(16)20-12-6-4-11(5-7-12)17-10-13(19)18-8-2-1-3-9-18/h4-7,14,17H,1-3,8-10H2. The average Bonchev–Trinajstić information content (AvgIpc) is 2.46. The largest absolute Gasteiger partial charge is 0.435 e. The Hall–Kier alpha value is -1.85. The Bertz CT molecular complexity index is 431. The van der Waals surface area contributed by atoms with Gasteiger partial charge in [0.15, 0.2) is 0 Å². The molecule has 20 heavy (non-hydrogen) atoms. The van der Waals surface area contributed by atoms with Crippen LogP contribution in [0.1, 0.15) is 19.3 Å². The van der Waals surface area contributed by atoms with Crippen molar-refractivity contribution in [3.8, 4) is 5.75 Å². The lowest BCUT2D eigenvalue weighted by atomic mass is 10.1. The van der Waals surface area contributed by atoms with Gasteiger partial charge in [-0.15, -0.1) is 0 Å². The van der Waals surface area contributed by atoms with Crippen LogP contribution in [0.5, 0.6) is 5.75 Å². The topological polar surface area (TPSA) is 41.6 Å². The number of ether oxygens (including phenoxy) is 1. The number of hydrogen-bond donors (Lipinski definition) is 1. The number of piperidine rings is 1. The van der Waals surface area contributed by atoms with Crippen molar-refractivity contribution in [1.82, 2.24) is 4.90 Å². The summed E-state index contributed by atoms with van der Waals surface area (Å²) in [6, 6.07) is 6.11. The van der Waals surface area contributed by atoms with Gasteiger partial charge in [-0.3, -0.25) is 4.79 Å². The fraction of sp³-hybridized carbons (Fsp3) is 0.500. The van der Waals surface area contributed by atoms with Crippen molar-refractivity contribution in [3.05, 3.63) is 24.3 Å². The minimum absolute atomic E-state index is 0.0672. The van der Waals surface area contributed by atoms with E-state index >= 15 is 0 Å². The number of anilines is 1. The van der Waals surface area contributed by atoms with Crippen molar-refractivity contribution < 1.29 is 18.3 Å². The van der Waals surface area contributed by atoms with E-state index in [9.17, 15) is 13.6 Å². The molecule has 1 aromatic rings. The first-order chi connectivity index (χ1) is 9.65. The molecule has 1 aliphatic heterocycles. The lowest BCUT2D eigenvalue weighted by molar-refractivity contribution is -0.130. The molecule has 6 heteroatoms. The molecule has 0 atom stereocenters. The maximum Gasteiger partial charge on any atom is 0.387 e. The maximum atomic E-state index is 12.0. The molecule has 0 bridgehead atoms. The van der Waals surface area contributed by atoms with E-state index in [1.165, 1.54) is 18.6 Å². The van der Waals surface area contributed by atoms with Crippen LogP contribution in [0.3, 0.4) is 0 Å². The average molecular weight is 284 g/mol. The first-order valence-electron chi connectivity index (χ1n) is 6.71. The van der Waals surface area contributed by atoms with Gasteiger partial charge in [-0.05, 0) is 43.5 Å². The normalized spacial score (nSPS) is 15.2. The smallest absolute Gasteiger partial charge is 0.387 e. The molecule has 1 heterocycles. The summed E-state index contributed by atoms with van der Waals surface area (Å²) in [5.74, 6) is 0.172. The third-order valence-electron chi connectivity index (χ3n) is 3.23. The van der Waals surface area contributed by atoms with Gasteiger partial charge >= 0.3 is 6.61 Å². The highest BCUT2D eigenvalue weighted by molar-refractivity contribution is 5.80. The summed E-state index contributed by atoms with van der Waals surface area (Å²) in [7, 11) is 0. The van der Waals surface area contributed by atoms with Crippen molar-refractivity contribution in [3.63, 3.8) is 0 Å². The third-order valence-corrected chi connectivity index (χ3v) is 3.23. The molecule has 1 aromatic carbocycles. The molecular formula is C14H18F2N2O2. The molecule has 4 nitrogen and oxygen atoms in total. The minimum Gasteiger partial charge on any atom is -0.435 e. The Morgan fingerprint density at radius 3 is 2.45 bits per heavy atom. The van der Waals surface area contributed by atoms with Crippen molar-refractivity contribution in [2.24, 2.45) is 0 Å². The summed E-state index contributed by atoms with van der Waals surface area (Å²) in [6.45, 7) is -0.965. The summed E-state index contributed by atoms with van der Waals surface area (Å²) < 4.78 is 28.2. The molecule has 1 N–H and O–H groups in total. The molecular weight excluding hydrogens is 266 g/mol. The Labute approximate surface area is 116 Å². The summed E-state index contributed by atoms with van der Waals surface area (Å²) in [5, 5.41) is 2.99. The van der Waals surface area contributed by atoms with Gasteiger partial charge in [-0.2, -0.15) is 8.78 Å². The fourth-order valence-corrected chi connectivity index (χ4v) is 2.19. The SMILES string of the molecule is O=C(CNc1ccc(OC(F)F)cc1)N1CCCCC1. The number of halogens is 2. The number of nitrogens with one attached hydrogen (secondary N) is 1. The van der Waals surface area contributed by atoms with Crippen molar-refractivity contribution in [2.75, 3.05) is 25.0 Å². The fourth-order valence-electron chi connectivity index (χ4n) is 2.19. The summed E-state index contributed by atoms with van der Waals surface area (Å²) in [6.07, 6.45) is 3.31. The van der Waals surface area contributed by atoms with Gasteiger partial charge in [-0.25, -0.2) is 0 Å². The molecule has 1 fully saturated rings. The number of carbonyl (C=O) groups excluding carboxylic acids is 1. The highest BCUT2D eigenvalue weighted by Gasteiger charge is 2.15. The zero-order valence-corrected chi connectivity index (χ0v) is 11.1. The molecule has 0 radical (unpaired) electrons. The van der Waals surface area contributed by atoms with E-state index in [4.69, 9.17) is 0 Å². The van der Waals surface area contributed by atoms with Gasteiger partial charge in [-0.1, -0.05) is 0 Å². The molecule has 0 saturated carbocycles. The van der Waals surface area contributed by atoms with Crippen LogP contribution in [0, 0.1) is 0 Å². The second kappa shape index (κ2) is 7.07. The monoisotopic (exact) mass is 284 g/mol. The van der Waals surface area contributed by atoms with Crippen LogP contribution in [-0.2, 0) is 4.79 Å². The van der Waals surface area contributed by atoms with Crippen LogP contribution < -0.4 is 10.1 Å². The van der Waals surface area contributed by atoms with E-state index in [1.54, 1.807) is 12.1 Å². The summed E-state index contributed by atoms with van der Waals surface area (Å²) >= 11 is 0. The van der Waals surface area contributed by atoms with Gasteiger partial charge in [0.05, 0.1) is 6.54 Å². The predicted octanol–water partition coefficient (Wildman–Crippen LogP) is 2.71. The molecule has 2 rings (SSSR count). The number of hydrogen-bond acceptors (Lipinski definition) is 3. The Kier molecular flexibility index (Phi) is 5.15. The molecule has 0 spiro atoms. The van der Waals surface area contributed by atoms with Crippen molar-refractivity contribution >= 4 is 11.6 Å². The first-order valence-corrected chi connectivity index (χ1v) is 6.71. The number of rotatable bonds is 5. The van der Waals surface area contributed by atoms with Crippen LogP contribution in [0.2, 0.25) is 0 Å². The van der Waals surface area contributed by atoms with Crippen LogP contribution in [0.15, 0.2) is 24.3 Å². The molecule has 1 aliphatic rings. The highest BCUT2D eigenvalue weighted by Crippen LogP contribution is 2.17. The number of likely N-dealkylation sites (tertiary alicyclic amines) is 1. The van der Waals surface area contributed by atoms with Crippen LogP contribution in [0.25, 0.3) is 0 Å². The van der Waals surface area contributed by atoms with Gasteiger partial charge in [0.1, 0.15) is 5.75 Å². The number of benzene rings is 1. The van der Waals surface area contributed by atoms with E-state index in [2.05, 4.69) is 10.1 Å². The van der Waals surface area contributed by atoms with Crippen molar-refractivity contribution in [1.29, 1.82) is 0 Å². The number of carbonyl (C=O) groups is 1. The van der Waals surface area contributed by atoms with E-state index in [0.717, 1.165) is 25.9 Å². The molecule has 1 saturated heterocycles. The third kappa shape index (κ3) is 4.36. The molecule has 0 unspecified atom stereocenters. The maximum absolute atomic E-state index is 12.0. The number of alkyl halides is 2. The minimum atomic E-state index is -2.82. The van der Waals surface area contributed by atoms with Gasteiger partial charge in [0, 0.05) is 18.8 Å². The Balaban J connectivity index is 1.79. The quantitative estimate of drug-likeness (QED) is 0.904. The zero-order valence-electron chi connectivity index (χ0n) is 11.1.